The largest absolute Gasteiger partial charge is 0.436 e. The number of anilines is 1. The summed E-state index contributed by atoms with van der Waals surface area (Å²) in [5.41, 5.74) is 1.28. The van der Waals surface area contributed by atoms with Crippen molar-refractivity contribution in [1.29, 1.82) is 0 Å². The average Bonchev–Trinajstić information content (AvgIpc) is 2.29. The maximum Gasteiger partial charge on any atom is 0.436 e. The number of alkyl halides is 3. The minimum absolute atomic E-state index is 0.105. The highest BCUT2D eigenvalue weighted by Crippen LogP contribution is 2.33. The minimum atomic E-state index is -4.77. The quantitative estimate of drug-likeness (QED) is 0.774. The van der Waals surface area contributed by atoms with Gasteiger partial charge in [0.1, 0.15) is 0 Å². The molecule has 94 valence electrons. The molecule has 0 atom stereocenters. The third-order valence-corrected chi connectivity index (χ3v) is 2.54. The molecule has 0 amide bonds. The Labute approximate surface area is 95.4 Å². The standard InChI is InChI=1S/C10H11F4N3/c11-8-7(17-6-2-1-4-16-17)3-5-15-9(8)10(12,13)14/h3,5,16H,1-2,4,6H2. The molecule has 0 bridgehead atoms. The molecule has 0 spiro atoms. The summed E-state index contributed by atoms with van der Waals surface area (Å²) in [7, 11) is 0. The van der Waals surface area contributed by atoms with Gasteiger partial charge in [0.05, 0.1) is 5.69 Å². The number of nitrogens with zero attached hydrogens (tertiary/aromatic N) is 2. The van der Waals surface area contributed by atoms with E-state index in [1.54, 1.807) is 0 Å². The molecular weight excluding hydrogens is 238 g/mol. The Kier molecular flexibility index (Phi) is 3.19. The van der Waals surface area contributed by atoms with Crippen molar-refractivity contribution in [1.82, 2.24) is 10.4 Å². The topological polar surface area (TPSA) is 28.2 Å². The number of pyridine rings is 1. The van der Waals surface area contributed by atoms with Crippen LogP contribution in [0.2, 0.25) is 0 Å². The first kappa shape index (κ1) is 12.1. The van der Waals surface area contributed by atoms with E-state index < -0.39 is 17.7 Å². The summed E-state index contributed by atoms with van der Waals surface area (Å²) in [6.07, 6.45) is -2.06. The molecule has 1 aliphatic rings. The molecule has 1 N–H and O–H groups in total. The first-order chi connectivity index (χ1) is 8.00. The van der Waals surface area contributed by atoms with Crippen LogP contribution in [0.4, 0.5) is 23.2 Å². The summed E-state index contributed by atoms with van der Waals surface area (Å²) >= 11 is 0. The van der Waals surface area contributed by atoms with E-state index in [1.165, 1.54) is 11.1 Å². The van der Waals surface area contributed by atoms with Crippen molar-refractivity contribution in [3.63, 3.8) is 0 Å². The molecule has 1 aromatic rings. The third kappa shape index (κ3) is 2.49. The summed E-state index contributed by atoms with van der Waals surface area (Å²) < 4.78 is 51.1. The van der Waals surface area contributed by atoms with Gasteiger partial charge in [0, 0.05) is 19.3 Å². The monoisotopic (exact) mass is 249 g/mol. The van der Waals surface area contributed by atoms with E-state index in [-0.39, 0.29) is 5.69 Å². The lowest BCUT2D eigenvalue weighted by atomic mass is 10.2. The smallest absolute Gasteiger partial charge is 0.305 e. The Morgan fingerprint density at radius 2 is 2.06 bits per heavy atom. The Bertz CT molecular complexity index is 399. The van der Waals surface area contributed by atoms with Gasteiger partial charge in [-0.2, -0.15) is 13.2 Å². The zero-order chi connectivity index (χ0) is 12.5. The molecular formula is C10H11F4N3. The van der Waals surface area contributed by atoms with E-state index in [9.17, 15) is 17.6 Å². The molecule has 1 saturated heterocycles. The molecule has 7 heteroatoms. The molecule has 2 rings (SSSR count). The van der Waals surface area contributed by atoms with Crippen LogP contribution < -0.4 is 10.4 Å². The van der Waals surface area contributed by atoms with Gasteiger partial charge in [-0.25, -0.2) is 14.8 Å². The first-order valence-electron chi connectivity index (χ1n) is 5.23. The van der Waals surface area contributed by atoms with Crippen LogP contribution >= 0.6 is 0 Å². The van der Waals surface area contributed by atoms with Crippen LogP contribution in [0.15, 0.2) is 12.3 Å². The number of nitrogens with one attached hydrogen (secondary N) is 1. The van der Waals surface area contributed by atoms with E-state index in [0.717, 1.165) is 19.0 Å². The Balaban J connectivity index is 2.35. The predicted octanol–water partition coefficient (Wildman–Crippen LogP) is 2.34. The molecule has 0 unspecified atom stereocenters. The van der Waals surface area contributed by atoms with Gasteiger partial charge in [-0.15, -0.1) is 0 Å². The number of aromatic nitrogens is 1. The molecule has 1 fully saturated rings. The molecule has 17 heavy (non-hydrogen) atoms. The molecule has 0 aromatic carbocycles. The Morgan fingerprint density at radius 1 is 1.29 bits per heavy atom. The molecule has 1 aliphatic heterocycles. The van der Waals surface area contributed by atoms with Gasteiger partial charge in [-0.05, 0) is 18.9 Å². The fraction of sp³-hybridized carbons (Fsp3) is 0.500. The second-order valence-electron chi connectivity index (χ2n) is 3.76. The lowest BCUT2D eigenvalue weighted by Gasteiger charge is -2.30. The average molecular weight is 249 g/mol. The highest BCUT2D eigenvalue weighted by Gasteiger charge is 2.37. The van der Waals surface area contributed by atoms with Crippen LogP contribution in [-0.4, -0.2) is 18.1 Å². The molecule has 0 radical (unpaired) electrons. The Hall–Kier alpha value is -1.37. The summed E-state index contributed by atoms with van der Waals surface area (Å²) in [6, 6.07) is 1.24. The molecule has 0 saturated carbocycles. The molecule has 2 heterocycles. The summed E-state index contributed by atoms with van der Waals surface area (Å²) in [4.78, 5) is 3.05. The number of hydrazine groups is 1. The van der Waals surface area contributed by atoms with E-state index in [2.05, 4.69) is 10.4 Å². The van der Waals surface area contributed by atoms with Crippen LogP contribution in [0.25, 0.3) is 0 Å². The van der Waals surface area contributed by atoms with Crippen molar-refractivity contribution in [2.75, 3.05) is 18.1 Å². The summed E-state index contributed by atoms with van der Waals surface area (Å²) in [5, 5.41) is 1.40. The van der Waals surface area contributed by atoms with E-state index >= 15 is 0 Å². The number of halogens is 4. The second-order valence-corrected chi connectivity index (χ2v) is 3.76. The predicted molar refractivity (Wildman–Crippen MR) is 53.8 cm³/mol. The maximum absolute atomic E-state index is 13.7. The van der Waals surface area contributed by atoms with E-state index in [0.29, 0.717) is 13.1 Å². The van der Waals surface area contributed by atoms with Gasteiger partial charge in [0.25, 0.3) is 0 Å². The fourth-order valence-electron chi connectivity index (χ4n) is 1.73. The normalized spacial score (nSPS) is 17.3. The van der Waals surface area contributed by atoms with Gasteiger partial charge < -0.3 is 5.01 Å². The zero-order valence-electron chi connectivity index (χ0n) is 8.89. The zero-order valence-corrected chi connectivity index (χ0v) is 8.89. The van der Waals surface area contributed by atoms with Crippen molar-refractivity contribution in [2.24, 2.45) is 0 Å². The third-order valence-electron chi connectivity index (χ3n) is 2.54. The van der Waals surface area contributed by atoms with Crippen LogP contribution in [0.3, 0.4) is 0 Å². The van der Waals surface area contributed by atoms with E-state index in [1.807, 2.05) is 0 Å². The van der Waals surface area contributed by atoms with Crippen LogP contribution in [-0.2, 0) is 6.18 Å². The van der Waals surface area contributed by atoms with Crippen LogP contribution in [0.1, 0.15) is 18.5 Å². The molecule has 0 aliphatic carbocycles. The van der Waals surface area contributed by atoms with Gasteiger partial charge in [0.15, 0.2) is 11.5 Å². The van der Waals surface area contributed by atoms with Gasteiger partial charge >= 0.3 is 6.18 Å². The summed E-state index contributed by atoms with van der Waals surface area (Å²) in [6.45, 7) is 1.11. The number of rotatable bonds is 1. The number of hydrogen-bond donors (Lipinski definition) is 1. The maximum atomic E-state index is 13.7. The highest BCUT2D eigenvalue weighted by molar-refractivity contribution is 5.48. The highest BCUT2D eigenvalue weighted by atomic mass is 19.4. The van der Waals surface area contributed by atoms with Crippen molar-refractivity contribution >= 4 is 5.69 Å². The van der Waals surface area contributed by atoms with Crippen LogP contribution in [0, 0.1) is 5.82 Å². The van der Waals surface area contributed by atoms with Gasteiger partial charge in [-0.1, -0.05) is 0 Å². The summed E-state index contributed by atoms with van der Waals surface area (Å²) in [5.74, 6) is -1.32. The SMILES string of the molecule is Fc1c(N2CCCCN2)ccnc1C(F)(F)F. The van der Waals surface area contributed by atoms with Crippen molar-refractivity contribution in [3.05, 3.63) is 23.8 Å². The van der Waals surface area contributed by atoms with Crippen molar-refractivity contribution in [2.45, 2.75) is 19.0 Å². The van der Waals surface area contributed by atoms with Crippen molar-refractivity contribution < 1.29 is 17.6 Å². The second kappa shape index (κ2) is 4.48. The first-order valence-corrected chi connectivity index (χ1v) is 5.23. The van der Waals surface area contributed by atoms with Crippen LogP contribution in [0.5, 0.6) is 0 Å². The van der Waals surface area contributed by atoms with Gasteiger partial charge in [-0.3, -0.25) is 0 Å². The van der Waals surface area contributed by atoms with E-state index in [4.69, 9.17) is 0 Å². The lowest BCUT2D eigenvalue weighted by Crippen LogP contribution is -2.44. The molecule has 3 nitrogen and oxygen atoms in total. The molecule has 1 aromatic heterocycles. The number of hydrogen-bond acceptors (Lipinski definition) is 3. The lowest BCUT2D eigenvalue weighted by molar-refractivity contribution is -0.143. The Morgan fingerprint density at radius 3 is 2.65 bits per heavy atom. The van der Waals surface area contributed by atoms with Gasteiger partial charge in [0.2, 0.25) is 0 Å². The minimum Gasteiger partial charge on any atom is -0.305 e. The van der Waals surface area contributed by atoms with Crippen molar-refractivity contribution in [3.8, 4) is 0 Å². The fourth-order valence-corrected chi connectivity index (χ4v) is 1.73.